The van der Waals surface area contributed by atoms with E-state index >= 15 is 0 Å². The number of rotatable bonds is 11. The van der Waals surface area contributed by atoms with Crippen LogP contribution < -0.4 is 26.2 Å². The van der Waals surface area contributed by atoms with Crippen molar-refractivity contribution in [2.24, 2.45) is 0 Å². The van der Waals surface area contributed by atoms with Gasteiger partial charge in [0, 0.05) is 44.9 Å². The Labute approximate surface area is 730 Å². The summed E-state index contributed by atoms with van der Waals surface area (Å²) in [7, 11) is 0. The molecular weight excluding hydrogens is 1520 g/mol. The number of benzene rings is 23. The lowest BCUT2D eigenvalue weighted by atomic mass is 9.33. The molecule has 2 aliphatic rings. The summed E-state index contributed by atoms with van der Waals surface area (Å²) < 4.78 is 2.53. The maximum absolute atomic E-state index is 2.63. The molecule has 0 saturated carbocycles. The number of hydrogen-bond acceptors (Lipinski definition) is 2. The van der Waals surface area contributed by atoms with E-state index in [9.17, 15) is 0 Å². The fourth-order valence-electron chi connectivity index (χ4n) is 21.8. The zero-order valence-corrected chi connectivity index (χ0v) is 68.8. The van der Waals surface area contributed by atoms with Crippen molar-refractivity contribution in [3.05, 3.63) is 461 Å². The van der Waals surface area contributed by atoms with Crippen LogP contribution in [0.5, 0.6) is 0 Å². The Hall–Kier alpha value is -16.4. The van der Waals surface area contributed by atoms with Crippen LogP contribution in [0, 0.1) is 0 Å². The van der Waals surface area contributed by atoms with Gasteiger partial charge in [0.1, 0.15) is 0 Å². The highest BCUT2D eigenvalue weighted by atomic mass is 15.2. The van der Waals surface area contributed by atoms with Gasteiger partial charge in [-0.3, -0.25) is 0 Å². The zero-order valence-electron chi connectivity index (χ0n) is 68.8. The second-order valence-electron chi connectivity index (χ2n) is 34.0. The second-order valence-corrected chi connectivity index (χ2v) is 34.0. The molecule has 0 aliphatic carbocycles. The van der Waals surface area contributed by atoms with Gasteiger partial charge in [0.2, 0.25) is 0 Å². The second kappa shape index (κ2) is 28.6. The van der Waals surface area contributed by atoms with Crippen LogP contribution in [0.15, 0.2) is 461 Å². The van der Waals surface area contributed by atoms with Crippen LogP contribution in [-0.2, 0) is 0 Å². The van der Waals surface area contributed by atoms with Gasteiger partial charge in [-0.25, -0.2) is 0 Å². The number of fused-ring (bicyclic) bond motifs is 15. The van der Waals surface area contributed by atoms with E-state index in [1.807, 2.05) is 0 Å². The highest BCUT2D eigenvalue weighted by Gasteiger charge is 2.45. The predicted molar refractivity (Wildman–Crippen MR) is 538 cm³/mol. The first-order valence-electron chi connectivity index (χ1n) is 43.8. The molecule has 0 atom stereocenters. The Morgan fingerprint density at radius 3 is 0.730 bits per heavy atom. The molecule has 24 aromatic rings. The lowest BCUT2D eigenvalue weighted by Gasteiger charge is -2.45. The van der Waals surface area contributed by atoms with Gasteiger partial charge < -0.3 is 14.4 Å². The molecule has 0 saturated heterocycles. The molecule has 4 heteroatoms. The number of anilines is 6. The van der Waals surface area contributed by atoms with E-state index < -0.39 is 0 Å². The standard InChI is InChI=1S/C122H76BN3/c1-9-37-92-77(25-1)33-21-47-106(92)118-96-41-13-5-29-81(96)57-67-100(118)85-53-63-89(64-54-85)124-114-71-61-87(102-69-59-83-31-7-15-43-98(83)120(102)108-49-23-35-79-27-3-11-39-94(79)108)73-110(114)123-111-74-88(103-70-60-84-32-8-16-44-99(84)121(103)109-50-24-36-80-28-4-12-40-95(80)109)62-72-115(111)125(117-76-91(75-116(124)122(117)123)126-112-51-19-17-45-104(112)105-46-18-20-52-113(105)126)90-65-55-86(56-66-90)101-68-58-82-30-6-14-42-97(82)119(101)107-48-22-34-78-26-2-10-38-93(78)107/h1-76H. The summed E-state index contributed by atoms with van der Waals surface area (Å²) in [5, 5.41) is 21.8. The maximum Gasteiger partial charge on any atom is 0.252 e. The summed E-state index contributed by atoms with van der Waals surface area (Å²) in [6.07, 6.45) is 0. The first kappa shape index (κ1) is 71.4. The summed E-state index contributed by atoms with van der Waals surface area (Å²) in [4.78, 5) is 5.25. The molecule has 0 N–H and O–H groups in total. The molecule has 0 amide bonds. The van der Waals surface area contributed by atoms with Crippen molar-refractivity contribution in [3.8, 4) is 94.7 Å². The van der Waals surface area contributed by atoms with Gasteiger partial charge in [-0.1, -0.05) is 400 Å². The molecule has 0 radical (unpaired) electrons. The molecule has 0 bridgehead atoms. The first-order chi connectivity index (χ1) is 62.5. The topological polar surface area (TPSA) is 11.4 Å². The Morgan fingerprint density at radius 1 is 0.159 bits per heavy atom. The minimum atomic E-state index is -0.331. The smallest absolute Gasteiger partial charge is 0.252 e. The van der Waals surface area contributed by atoms with Gasteiger partial charge in [0.05, 0.1) is 16.7 Å². The van der Waals surface area contributed by atoms with E-state index in [0.717, 1.165) is 73.1 Å². The summed E-state index contributed by atoms with van der Waals surface area (Å²) in [5.41, 5.74) is 32.4. The summed E-state index contributed by atoms with van der Waals surface area (Å²) in [6, 6.07) is 174. The third kappa shape index (κ3) is 11.1. The van der Waals surface area contributed by atoms with Crippen LogP contribution in [-0.4, -0.2) is 11.3 Å². The van der Waals surface area contributed by atoms with Crippen LogP contribution >= 0.6 is 0 Å². The lowest BCUT2D eigenvalue weighted by molar-refractivity contribution is 1.16. The van der Waals surface area contributed by atoms with Crippen molar-refractivity contribution >= 4 is 165 Å². The molecule has 0 spiro atoms. The molecule has 1 aromatic heterocycles. The molecule has 582 valence electrons. The highest BCUT2D eigenvalue weighted by molar-refractivity contribution is 7.00. The van der Waals surface area contributed by atoms with E-state index in [4.69, 9.17) is 0 Å². The van der Waals surface area contributed by atoms with Crippen molar-refractivity contribution in [2.75, 3.05) is 9.80 Å². The minimum absolute atomic E-state index is 0.331. The van der Waals surface area contributed by atoms with Crippen LogP contribution in [0.1, 0.15) is 0 Å². The maximum atomic E-state index is 2.63. The molecule has 3 heterocycles. The molecule has 3 nitrogen and oxygen atoms in total. The average molecular weight is 1590 g/mol. The van der Waals surface area contributed by atoms with Gasteiger partial charge in [-0.2, -0.15) is 0 Å². The highest BCUT2D eigenvalue weighted by Crippen LogP contribution is 2.53. The van der Waals surface area contributed by atoms with E-state index in [1.54, 1.807) is 0 Å². The third-order valence-electron chi connectivity index (χ3n) is 27.3. The minimum Gasteiger partial charge on any atom is -0.311 e. The van der Waals surface area contributed by atoms with Crippen molar-refractivity contribution in [3.63, 3.8) is 0 Å². The van der Waals surface area contributed by atoms with E-state index in [1.165, 1.54) is 180 Å². The summed E-state index contributed by atoms with van der Waals surface area (Å²) >= 11 is 0. The Kier molecular flexibility index (Phi) is 16.2. The Balaban J connectivity index is 0.769. The molecular formula is C122H76BN3. The molecule has 26 rings (SSSR count). The molecule has 0 unspecified atom stereocenters. The number of hydrogen-bond donors (Lipinski definition) is 0. The van der Waals surface area contributed by atoms with Gasteiger partial charge in [0.15, 0.2) is 0 Å². The zero-order chi connectivity index (χ0) is 82.6. The normalized spacial score (nSPS) is 12.4. The van der Waals surface area contributed by atoms with Crippen LogP contribution in [0.4, 0.5) is 34.1 Å². The van der Waals surface area contributed by atoms with Gasteiger partial charge in [0.25, 0.3) is 6.71 Å². The van der Waals surface area contributed by atoms with Crippen LogP contribution in [0.3, 0.4) is 0 Å². The molecule has 2 aliphatic heterocycles. The fraction of sp³-hybridized carbons (Fsp3) is 0. The summed E-state index contributed by atoms with van der Waals surface area (Å²) in [6.45, 7) is -0.331. The van der Waals surface area contributed by atoms with Gasteiger partial charge >= 0.3 is 0 Å². The average Bonchev–Trinajstić information content (AvgIpc) is 0.898. The SMILES string of the molecule is c1ccc2c(-c3c(-c4ccc(N5c6ccc(-c7ccc8ccccc8c7-c7cccc8ccccc78)cc6B6c7cc(-c8ccc9ccccc9c8-c8cccc9ccccc89)ccc7N(c7ccc(-c8ccc9ccccc9c8-c8cccc9ccccc89)cc7)c7cc(-n8c9ccccc9c9ccccc98)cc5c76)cc4)ccc4ccccc34)cccc2c1. The van der Waals surface area contributed by atoms with E-state index in [2.05, 4.69) is 475 Å². The fourth-order valence-corrected chi connectivity index (χ4v) is 21.8. The van der Waals surface area contributed by atoms with E-state index in [-0.39, 0.29) is 6.71 Å². The molecule has 0 fully saturated rings. The molecule has 23 aromatic carbocycles. The number of nitrogens with zero attached hydrogens (tertiary/aromatic N) is 3. The van der Waals surface area contributed by atoms with Crippen molar-refractivity contribution in [2.45, 2.75) is 0 Å². The number of para-hydroxylation sites is 2. The lowest BCUT2D eigenvalue weighted by Crippen LogP contribution is -2.61. The Morgan fingerprint density at radius 2 is 0.413 bits per heavy atom. The Bertz CT molecular complexity index is 8170. The van der Waals surface area contributed by atoms with Crippen molar-refractivity contribution in [1.82, 2.24) is 4.57 Å². The number of aromatic nitrogens is 1. The largest absolute Gasteiger partial charge is 0.311 e. The van der Waals surface area contributed by atoms with Crippen molar-refractivity contribution in [1.29, 1.82) is 0 Å². The first-order valence-corrected chi connectivity index (χ1v) is 43.8. The quantitative estimate of drug-likeness (QED) is 0.120. The predicted octanol–water partition coefficient (Wildman–Crippen LogP) is 31.4. The van der Waals surface area contributed by atoms with E-state index in [0.29, 0.717) is 0 Å². The third-order valence-corrected chi connectivity index (χ3v) is 27.3. The van der Waals surface area contributed by atoms with Gasteiger partial charge in [-0.05, 0) is 252 Å². The van der Waals surface area contributed by atoms with Crippen LogP contribution in [0.25, 0.3) is 203 Å². The van der Waals surface area contributed by atoms with Crippen molar-refractivity contribution < 1.29 is 0 Å². The summed E-state index contributed by atoms with van der Waals surface area (Å²) in [5.74, 6) is 0. The monoisotopic (exact) mass is 1590 g/mol. The van der Waals surface area contributed by atoms with Crippen LogP contribution in [0.2, 0.25) is 0 Å². The van der Waals surface area contributed by atoms with Gasteiger partial charge in [-0.15, -0.1) is 0 Å². The molecule has 126 heavy (non-hydrogen) atoms.